The van der Waals surface area contributed by atoms with Gasteiger partial charge in [-0.2, -0.15) is 0 Å². The molecule has 0 bridgehead atoms. The number of aryl methyl sites for hydroxylation is 2. The van der Waals surface area contributed by atoms with Gasteiger partial charge >= 0.3 is 0 Å². The van der Waals surface area contributed by atoms with Crippen LogP contribution >= 0.6 is 31.9 Å². The highest BCUT2D eigenvalue weighted by atomic mass is 79.9. The van der Waals surface area contributed by atoms with Gasteiger partial charge in [-0.3, -0.25) is 0 Å². The first-order valence-electron chi connectivity index (χ1n) is 5.22. The highest BCUT2D eigenvalue weighted by molar-refractivity contribution is 9.10. The van der Waals surface area contributed by atoms with Crippen molar-refractivity contribution in [1.29, 1.82) is 0 Å². The van der Waals surface area contributed by atoms with Crippen LogP contribution in [0.5, 0.6) is 0 Å². The molecular formula is C13H12Br2N2. The Morgan fingerprint density at radius 2 is 1.82 bits per heavy atom. The minimum atomic E-state index is 0.858. The van der Waals surface area contributed by atoms with E-state index in [-0.39, 0.29) is 0 Å². The van der Waals surface area contributed by atoms with Gasteiger partial charge in [0, 0.05) is 14.6 Å². The number of aromatic nitrogens is 1. The molecular weight excluding hydrogens is 344 g/mol. The highest BCUT2D eigenvalue weighted by Crippen LogP contribution is 2.24. The maximum absolute atomic E-state index is 4.46. The minimum Gasteiger partial charge on any atom is -0.340 e. The van der Waals surface area contributed by atoms with Crippen molar-refractivity contribution < 1.29 is 0 Å². The fourth-order valence-electron chi connectivity index (χ4n) is 1.52. The average molecular weight is 356 g/mol. The predicted molar refractivity (Wildman–Crippen MR) is 78.8 cm³/mol. The molecule has 17 heavy (non-hydrogen) atoms. The van der Waals surface area contributed by atoms with E-state index >= 15 is 0 Å². The fraction of sp³-hybridized carbons (Fsp3) is 0.154. The summed E-state index contributed by atoms with van der Waals surface area (Å²) >= 11 is 6.90. The molecule has 4 heteroatoms. The molecule has 1 heterocycles. The van der Waals surface area contributed by atoms with Gasteiger partial charge in [-0.05, 0) is 65.7 Å². The van der Waals surface area contributed by atoms with Crippen LogP contribution in [-0.2, 0) is 0 Å². The third-order valence-corrected chi connectivity index (χ3v) is 3.80. The summed E-state index contributed by atoms with van der Waals surface area (Å²) in [5, 5.41) is 3.31. The van der Waals surface area contributed by atoms with Crippen LogP contribution in [0.1, 0.15) is 11.3 Å². The van der Waals surface area contributed by atoms with E-state index in [0.717, 1.165) is 26.1 Å². The maximum Gasteiger partial charge on any atom is 0.130 e. The number of hydrogen-bond donors (Lipinski definition) is 1. The smallest absolute Gasteiger partial charge is 0.130 e. The SMILES string of the molecule is Cc1cc(Br)ccc1Nc1ccc(Br)c(C)n1. The largest absolute Gasteiger partial charge is 0.340 e. The Bertz CT molecular complexity index is 553. The topological polar surface area (TPSA) is 24.9 Å². The van der Waals surface area contributed by atoms with Crippen molar-refractivity contribution >= 4 is 43.4 Å². The van der Waals surface area contributed by atoms with Crippen molar-refractivity contribution in [3.05, 3.63) is 50.5 Å². The van der Waals surface area contributed by atoms with Crippen LogP contribution in [-0.4, -0.2) is 4.98 Å². The molecule has 88 valence electrons. The first-order chi connectivity index (χ1) is 8.06. The third kappa shape index (κ3) is 3.07. The van der Waals surface area contributed by atoms with Crippen molar-refractivity contribution in [2.45, 2.75) is 13.8 Å². The molecule has 0 aliphatic rings. The molecule has 1 aromatic heterocycles. The van der Waals surface area contributed by atoms with Gasteiger partial charge in [0.1, 0.15) is 5.82 Å². The summed E-state index contributed by atoms with van der Waals surface area (Å²) in [4.78, 5) is 4.46. The molecule has 1 N–H and O–H groups in total. The molecule has 0 radical (unpaired) electrons. The quantitative estimate of drug-likeness (QED) is 0.822. The lowest BCUT2D eigenvalue weighted by Crippen LogP contribution is -1.97. The molecule has 0 unspecified atom stereocenters. The normalized spacial score (nSPS) is 10.4. The van der Waals surface area contributed by atoms with Gasteiger partial charge in [-0.15, -0.1) is 0 Å². The van der Waals surface area contributed by atoms with E-state index in [1.165, 1.54) is 5.56 Å². The zero-order valence-electron chi connectivity index (χ0n) is 9.59. The summed E-state index contributed by atoms with van der Waals surface area (Å²) in [5.41, 5.74) is 3.23. The van der Waals surface area contributed by atoms with Gasteiger partial charge in [0.25, 0.3) is 0 Å². The van der Waals surface area contributed by atoms with Gasteiger partial charge < -0.3 is 5.32 Å². The third-order valence-electron chi connectivity index (χ3n) is 2.47. The minimum absolute atomic E-state index is 0.858. The molecule has 0 aliphatic carbocycles. The summed E-state index contributed by atoms with van der Waals surface area (Å²) in [6, 6.07) is 10.1. The lowest BCUT2D eigenvalue weighted by atomic mass is 10.2. The van der Waals surface area contributed by atoms with Crippen molar-refractivity contribution in [3.8, 4) is 0 Å². The second-order valence-electron chi connectivity index (χ2n) is 3.85. The molecule has 0 saturated carbocycles. The highest BCUT2D eigenvalue weighted by Gasteiger charge is 2.02. The summed E-state index contributed by atoms with van der Waals surface area (Å²) in [5.74, 6) is 0.858. The van der Waals surface area contributed by atoms with E-state index in [1.54, 1.807) is 0 Å². The molecule has 0 aliphatic heterocycles. The molecule has 0 atom stereocenters. The van der Waals surface area contributed by atoms with E-state index in [4.69, 9.17) is 0 Å². The summed E-state index contributed by atoms with van der Waals surface area (Å²) < 4.78 is 2.11. The summed E-state index contributed by atoms with van der Waals surface area (Å²) in [7, 11) is 0. The Morgan fingerprint density at radius 1 is 1.06 bits per heavy atom. The van der Waals surface area contributed by atoms with Crippen molar-refractivity contribution in [2.24, 2.45) is 0 Å². The number of halogens is 2. The Balaban J connectivity index is 2.28. The Morgan fingerprint density at radius 3 is 2.47 bits per heavy atom. The number of pyridine rings is 1. The van der Waals surface area contributed by atoms with Gasteiger partial charge in [0.05, 0.1) is 5.69 Å². The van der Waals surface area contributed by atoms with Crippen LogP contribution in [0.4, 0.5) is 11.5 Å². The predicted octanol–water partition coefficient (Wildman–Crippen LogP) is 4.97. The molecule has 1 aromatic carbocycles. The lowest BCUT2D eigenvalue weighted by molar-refractivity contribution is 1.18. The van der Waals surface area contributed by atoms with Gasteiger partial charge in [0.2, 0.25) is 0 Å². The zero-order chi connectivity index (χ0) is 12.4. The standard InChI is InChI=1S/C13H12Br2N2/c1-8-7-10(14)3-5-12(8)17-13-6-4-11(15)9(2)16-13/h3-7H,1-2H3,(H,16,17). The van der Waals surface area contributed by atoms with Crippen LogP contribution in [0.2, 0.25) is 0 Å². The Kier molecular flexibility index (Phi) is 3.84. The molecule has 2 rings (SSSR count). The van der Waals surface area contributed by atoms with E-state index in [0.29, 0.717) is 0 Å². The van der Waals surface area contributed by atoms with Gasteiger partial charge in [-0.25, -0.2) is 4.98 Å². The lowest BCUT2D eigenvalue weighted by Gasteiger charge is -2.10. The zero-order valence-corrected chi connectivity index (χ0v) is 12.8. The van der Waals surface area contributed by atoms with E-state index in [9.17, 15) is 0 Å². The van der Waals surface area contributed by atoms with Crippen molar-refractivity contribution in [1.82, 2.24) is 4.98 Å². The number of nitrogens with zero attached hydrogens (tertiary/aromatic N) is 1. The molecule has 2 nitrogen and oxygen atoms in total. The second-order valence-corrected chi connectivity index (χ2v) is 5.62. The Labute approximate surface area is 118 Å². The molecule has 0 spiro atoms. The monoisotopic (exact) mass is 354 g/mol. The first-order valence-corrected chi connectivity index (χ1v) is 6.81. The van der Waals surface area contributed by atoms with Gasteiger partial charge in [0.15, 0.2) is 0 Å². The van der Waals surface area contributed by atoms with Crippen molar-refractivity contribution in [2.75, 3.05) is 5.32 Å². The number of anilines is 2. The number of hydrogen-bond acceptors (Lipinski definition) is 2. The maximum atomic E-state index is 4.46. The van der Waals surface area contributed by atoms with Gasteiger partial charge in [-0.1, -0.05) is 15.9 Å². The summed E-state index contributed by atoms with van der Waals surface area (Å²) in [6.07, 6.45) is 0. The molecule has 0 saturated heterocycles. The number of benzene rings is 1. The first kappa shape index (κ1) is 12.6. The van der Waals surface area contributed by atoms with Crippen LogP contribution in [0, 0.1) is 13.8 Å². The second kappa shape index (κ2) is 5.19. The van der Waals surface area contributed by atoms with E-state index in [1.807, 2.05) is 31.2 Å². The van der Waals surface area contributed by atoms with Crippen molar-refractivity contribution in [3.63, 3.8) is 0 Å². The Hall–Kier alpha value is -0.870. The molecule has 2 aromatic rings. The van der Waals surface area contributed by atoms with E-state index < -0.39 is 0 Å². The molecule has 0 fully saturated rings. The fourth-order valence-corrected chi connectivity index (χ4v) is 2.22. The number of rotatable bonds is 2. The summed E-state index contributed by atoms with van der Waals surface area (Å²) in [6.45, 7) is 4.04. The van der Waals surface area contributed by atoms with E-state index in [2.05, 4.69) is 55.2 Å². The number of nitrogens with one attached hydrogen (secondary N) is 1. The van der Waals surface area contributed by atoms with Crippen LogP contribution in [0.15, 0.2) is 39.3 Å². The average Bonchev–Trinajstić information content (AvgIpc) is 2.27. The van der Waals surface area contributed by atoms with Crippen LogP contribution in [0.3, 0.4) is 0 Å². The molecule has 0 amide bonds. The van der Waals surface area contributed by atoms with Crippen LogP contribution in [0.25, 0.3) is 0 Å². The van der Waals surface area contributed by atoms with Crippen LogP contribution < -0.4 is 5.32 Å².